The van der Waals surface area contributed by atoms with Crippen molar-refractivity contribution in [1.82, 2.24) is 30.4 Å². The quantitative estimate of drug-likeness (QED) is 0.447. The highest BCUT2D eigenvalue weighted by atomic mass is 35.5. The van der Waals surface area contributed by atoms with Crippen molar-refractivity contribution in [2.75, 3.05) is 10.6 Å². The first kappa shape index (κ1) is 18.9. The van der Waals surface area contributed by atoms with Crippen LogP contribution in [0.15, 0.2) is 48.5 Å². The molecule has 3 N–H and O–H groups in total. The first-order chi connectivity index (χ1) is 14.0. The predicted molar refractivity (Wildman–Crippen MR) is 111 cm³/mol. The summed E-state index contributed by atoms with van der Waals surface area (Å²) in [7, 11) is 0. The Bertz CT molecular complexity index is 1190. The van der Waals surface area contributed by atoms with Crippen LogP contribution in [0, 0.1) is 6.92 Å². The number of aryl methyl sites for hydroxylation is 1. The number of aromatic amines is 1. The van der Waals surface area contributed by atoms with Gasteiger partial charge in [0.1, 0.15) is 0 Å². The number of amides is 2. The van der Waals surface area contributed by atoms with E-state index < -0.39 is 6.03 Å². The molecule has 4 rings (SSSR count). The number of urea groups is 1. The Morgan fingerprint density at radius 1 is 1.10 bits per heavy atom. The normalized spacial score (nSPS) is 10.7. The first-order valence-corrected chi connectivity index (χ1v) is 9.20. The van der Waals surface area contributed by atoms with Gasteiger partial charge in [0.2, 0.25) is 0 Å². The Morgan fingerprint density at radius 2 is 1.93 bits per heavy atom. The second kappa shape index (κ2) is 7.90. The number of rotatable bonds is 4. The van der Waals surface area contributed by atoms with Crippen molar-refractivity contribution in [3.63, 3.8) is 0 Å². The van der Waals surface area contributed by atoms with Crippen LogP contribution in [0.4, 0.5) is 16.3 Å². The molecular weight excluding hydrogens is 415 g/mol. The molecule has 0 spiro atoms. The summed E-state index contributed by atoms with van der Waals surface area (Å²) in [4.78, 5) is 12.3. The molecular formula is C18H14Cl2N8O. The monoisotopic (exact) mass is 428 g/mol. The smallest absolute Gasteiger partial charge is 0.308 e. The van der Waals surface area contributed by atoms with Gasteiger partial charge >= 0.3 is 6.03 Å². The van der Waals surface area contributed by atoms with Crippen LogP contribution in [0.5, 0.6) is 0 Å². The molecule has 2 heterocycles. The van der Waals surface area contributed by atoms with E-state index in [1.807, 2.05) is 6.07 Å². The standard InChI is InChI=1S/C18H14Cl2N8O/c1-10-23-26-27-28(10)12-5-2-4-11(8-12)21-18(29)22-16-9-15(24-25-16)13-6-3-7-14(19)17(13)20/h2-9H,1H3,(H3,21,22,24,25,29). The number of aromatic nitrogens is 6. The predicted octanol–water partition coefficient (Wildman–Crippen LogP) is 4.31. The number of H-pyrrole nitrogens is 1. The first-order valence-electron chi connectivity index (χ1n) is 8.44. The number of anilines is 2. The van der Waals surface area contributed by atoms with Crippen molar-refractivity contribution < 1.29 is 4.79 Å². The molecule has 2 aromatic heterocycles. The molecule has 9 nitrogen and oxygen atoms in total. The minimum absolute atomic E-state index is 0.334. The van der Waals surface area contributed by atoms with E-state index in [9.17, 15) is 4.79 Å². The van der Waals surface area contributed by atoms with E-state index in [-0.39, 0.29) is 0 Å². The summed E-state index contributed by atoms with van der Waals surface area (Å²) in [6.07, 6.45) is 0. The zero-order valence-corrected chi connectivity index (χ0v) is 16.5. The SMILES string of the molecule is Cc1nnnn1-c1cccc(NC(=O)Nc2cc(-c3cccc(Cl)c3Cl)[nH]n2)c1. The molecule has 0 bridgehead atoms. The molecule has 0 atom stereocenters. The Hall–Kier alpha value is -3.43. The molecule has 0 saturated carbocycles. The number of benzene rings is 2. The molecule has 11 heteroatoms. The Morgan fingerprint density at radius 3 is 2.72 bits per heavy atom. The fraction of sp³-hybridized carbons (Fsp3) is 0.0556. The third kappa shape index (κ3) is 4.05. The lowest BCUT2D eigenvalue weighted by Gasteiger charge is -2.08. The fourth-order valence-electron chi connectivity index (χ4n) is 2.70. The molecule has 2 aromatic carbocycles. The zero-order chi connectivity index (χ0) is 20.4. The minimum Gasteiger partial charge on any atom is -0.308 e. The Labute approximate surface area is 175 Å². The van der Waals surface area contributed by atoms with Crippen molar-refractivity contribution in [1.29, 1.82) is 0 Å². The third-order valence-electron chi connectivity index (χ3n) is 4.04. The van der Waals surface area contributed by atoms with Crippen molar-refractivity contribution in [3.8, 4) is 16.9 Å². The molecule has 4 aromatic rings. The van der Waals surface area contributed by atoms with Crippen LogP contribution >= 0.6 is 23.2 Å². The molecule has 0 unspecified atom stereocenters. The number of nitrogens with one attached hydrogen (secondary N) is 3. The Kier molecular flexibility index (Phi) is 5.15. The number of tetrazole rings is 1. The average Bonchev–Trinajstić information content (AvgIpc) is 3.33. The van der Waals surface area contributed by atoms with Gasteiger partial charge in [0.25, 0.3) is 0 Å². The van der Waals surface area contributed by atoms with Gasteiger partial charge in [-0.15, -0.1) is 5.10 Å². The molecule has 0 fully saturated rings. The van der Waals surface area contributed by atoms with E-state index in [0.29, 0.717) is 38.6 Å². The van der Waals surface area contributed by atoms with Gasteiger partial charge in [0.05, 0.1) is 21.4 Å². The van der Waals surface area contributed by atoms with E-state index in [1.54, 1.807) is 54.1 Å². The van der Waals surface area contributed by atoms with Gasteiger partial charge in [-0.25, -0.2) is 4.79 Å². The number of nitrogens with zero attached hydrogens (tertiary/aromatic N) is 5. The lowest BCUT2D eigenvalue weighted by Crippen LogP contribution is -2.19. The van der Waals surface area contributed by atoms with Crippen LogP contribution in [0.2, 0.25) is 10.0 Å². The summed E-state index contributed by atoms with van der Waals surface area (Å²) >= 11 is 12.3. The second-order valence-corrected chi connectivity index (χ2v) is 6.82. The minimum atomic E-state index is -0.453. The van der Waals surface area contributed by atoms with Gasteiger partial charge in [0, 0.05) is 17.3 Å². The third-order valence-corrected chi connectivity index (χ3v) is 4.85. The number of carbonyl (C=O) groups excluding carboxylic acids is 1. The van der Waals surface area contributed by atoms with E-state index in [4.69, 9.17) is 23.2 Å². The number of halogens is 2. The fourth-order valence-corrected chi connectivity index (χ4v) is 3.10. The van der Waals surface area contributed by atoms with Crippen LogP contribution < -0.4 is 10.6 Å². The van der Waals surface area contributed by atoms with Gasteiger partial charge in [-0.05, 0) is 41.6 Å². The van der Waals surface area contributed by atoms with Gasteiger partial charge in [-0.2, -0.15) is 9.78 Å². The molecule has 0 aliphatic carbocycles. The highest BCUT2D eigenvalue weighted by Gasteiger charge is 2.12. The molecule has 0 radical (unpaired) electrons. The molecule has 0 aliphatic rings. The van der Waals surface area contributed by atoms with Crippen molar-refractivity contribution in [3.05, 3.63) is 64.4 Å². The van der Waals surface area contributed by atoms with Crippen LogP contribution in [0.1, 0.15) is 5.82 Å². The van der Waals surface area contributed by atoms with Crippen molar-refractivity contribution >= 4 is 40.7 Å². The summed E-state index contributed by atoms with van der Waals surface area (Å²) in [6.45, 7) is 1.79. The van der Waals surface area contributed by atoms with E-state index in [1.165, 1.54) is 0 Å². The van der Waals surface area contributed by atoms with Crippen LogP contribution in [-0.4, -0.2) is 36.4 Å². The van der Waals surface area contributed by atoms with Gasteiger partial charge in [-0.3, -0.25) is 10.4 Å². The zero-order valence-electron chi connectivity index (χ0n) is 15.0. The number of hydrogen-bond acceptors (Lipinski definition) is 5. The van der Waals surface area contributed by atoms with Crippen LogP contribution in [0.3, 0.4) is 0 Å². The molecule has 29 heavy (non-hydrogen) atoms. The maximum Gasteiger partial charge on any atom is 0.324 e. The van der Waals surface area contributed by atoms with Crippen molar-refractivity contribution in [2.45, 2.75) is 6.92 Å². The lowest BCUT2D eigenvalue weighted by molar-refractivity contribution is 0.262. The van der Waals surface area contributed by atoms with Gasteiger partial charge in [-0.1, -0.05) is 41.4 Å². The maximum absolute atomic E-state index is 12.3. The maximum atomic E-state index is 12.3. The largest absolute Gasteiger partial charge is 0.324 e. The topological polar surface area (TPSA) is 113 Å². The second-order valence-electron chi connectivity index (χ2n) is 6.04. The Balaban J connectivity index is 1.47. The summed E-state index contributed by atoms with van der Waals surface area (Å²) in [5, 5.41) is 24.6. The lowest BCUT2D eigenvalue weighted by atomic mass is 10.1. The number of carbonyl (C=O) groups is 1. The summed E-state index contributed by atoms with van der Waals surface area (Å²) in [5.41, 5.74) is 2.61. The highest BCUT2D eigenvalue weighted by Crippen LogP contribution is 2.33. The van der Waals surface area contributed by atoms with E-state index >= 15 is 0 Å². The summed E-state index contributed by atoms with van der Waals surface area (Å²) < 4.78 is 1.57. The van der Waals surface area contributed by atoms with Gasteiger partial charge in [0.15, 0.2) is 11.6 Å². The number of hydrogen-bond donors (Lipinski definition) is 3. The van der Waals surface area contributed by atoms with Crippen molar-refractivity contribution in [2.24, 2.45) is 0 Å². The molecule has 2 amide bonds. The van der Waals surface area contributed by atoms with Crippen LogP contribution in [-0.2, 0) is 0 Å². The average molecular weight is 429 g/mol. The van der Waals surface area contributed by atoms with Gasteiger partial charge < -0.3 is 5.32 Å². The van der Waals surface area contributed by atoms with Crippen LogP contribution in [0.25, 0.3) is 16.9 Å². The molecule has 0 aliphatic heterocycles. The highest BCUT2D eigenvalue weighted by molar-refractivity contribution is 6.43. The summed E-state index contributed by atoms with van der Waals surface area (Å²) in [6, 6.07) is 13.6. The van der Waals surface area contributed by atoms with E-state index in [2.05, 4.69) is 36.4 Å². The van der Waals surface area contributed by atoms with E-state index in [0.717, 1.165) is 5.69 Å². The molecule has 0 saturated heterocycles. The summed E-state index contributed by atoms with van der Waals surface area (Å²) in [5.74, 6) is 0.969. The molecule has 146 valence electrons.